The minimum atomic E-state index is -0.263. The molecule has 0 bridgehead atoms. The van der Waals surface area contributed by atoms with Crippen LogP contribution in [-0.4, -0.2) is 15.3 Å². The molecule has 0 unspecified atom stereocenters. The van der Waals surface area contributed by atoms with Gasteiger partial charge in [-0.15, -0.1) is 0 Å². The molecule has 2 aromatic carbocycles. The molecule has 0 saturated carbocycles. The Labute approximate surface area is 112 Å². The fraction of sp³-hybridized carbons (Fsp3) is 0.250. The molecule has 0 aliphatic carbocycles. The summed E-state index contributed by atoms with van der Waals surface area (Å²) in [6, 6.07) is 9.05. The van der Waals surface area contributed by atoms with E-state index < -0.39 is 0 Å². The highest BCUT2D eigenvalue weighted by molar-refractivity contribution is 5.80. The first-order valence-electron chi connectivity index (χ1n) is 6.44. The molecule has 0 aliphatic heterocycles. The first kappa shape index (κ1) is 13.3. The van der Waals surface area contributed by atoms with Crippen molar-refractivity contribution in [3.63, 3.8) is 0 Å². The van der Waals surface area contributed by atoms with Crippen molar-refractivity contribution in [1.29, 1.82) is 0 Å². The zero-order valence-corrected chi connectivity index (χ0v) is 11.1. The van der Waals surface area contributed by atoms with Gasteiger partial charge in [0, 0.05) is 5.56 Å². The third-order valence-electron chi connectivity index (χ3n) is 3.36. The van der Waals surface area contributed by atoms with Gasteiger partial charge in [-0.1, -0.05) is 38.1 Å². The third-order valence-corrected chi connectivity index (χ3v) is 3.36. The number of hydrogen-bond donors (Lipinski definition) is 3. The highest BCUT2D eigenvalue weighted by Crippen LogP contribution is 2.45. The average molecular weight is 258 g/mol. The van der Waals surface area contributed by atoms with Gasteiger partial charge in [-0.05, 0) is 30.0 Å². The van der Waals surface area contributed by atoms with Crippen molar-refractivity contribution in [1.82, 2.24) is 0 Å². The Balaban J connectivity index is 2.58. The van der Waals surface area contributed by atoms with Crippen LogP contribution in [0.15, 0.2) is 30.3 Å². The van der Waals surface area contributed by atoms with E-state index in [2.05, 4.69) is 6.92 Å². The lowest BCUT2D eigenvalue weighted by Gasteiger charge is -2.12. The average Bonchev–Trinajstić information content (AvgIpc) is 2.43. The molecule has 100 valence electrons. The van der Waals surface area contributed by atoms with Crippen molar-refractivity contribution in [2.45, 2.75) is 26.7 Å². The van der Waals surface area contributed by atoms with Crippen molar-refractivity contribution < 1.29 is 15.3 Å². The second-order valence-corrected chi connectivity index (χ2v) is 4.53. The largest absolute Gasteiger partial charge is 0.507 e. The standard InChI is InChI=1S/C16H18O3/c1-3-10-5-7-12(8-6-10)14-13(17)9-11(4-2)15(18)16(14)19/h5-9,17-19H,3-4H2,1-2H3. The predicted molar refractivity (Wildman–Crippen MR) is 75.6 cm³/mol. The molecule has 3 N–H and O–H groups in total. The van der Waals surface area contributed by atoms with Crippen LogP contribution in [-0.2, 0) is 12.8 Å². The van der Waals surface area contributed by atoms with Gasteiger partial charge in [0.05, 0.1) is 5.56 Å². The Morgan fingerprint density at radius 2 is 1.47 bits per heavy atom. The Hall–Kier alpha value is -2.16. The number of benzene rings is 2. The van der Waals surface area contributed by atoms with Gasteiger partial charge >= 0.3 is 0 Å². The zero-order chi connectivity index (χ0) is 14.0. The Morgan fingerprint density at radius 1 is 0.842 bits per heavy atom. The van der Waals surface area contributed by atoms with Crippen LogP contribution < -0.4 is 0 Å². The van der Waals surface area contributed by atoms with E-state index >= 15 is 0 Å². The number of aryl methyl sites for hydroxylation is 2. The predicted octanol–water partition coefficient (Wildman–Crippen LogP) is 3.60. The monoisotopic (exact) mass is 258 g/mol. The molecule has 0 atom stereocenters. The molecule has 0 saturated heterocycles. The first-order valence-corrected chi connectivity index (χ1v) is 6.44. The minimum absolute atomic E-state index is 0.0172. The molecular formula is C16H18O3. The van der Waals surface area contributed by atoms with Crippen LogP contribution >= 0.6 is 0 Å². The summed E-state index contributed by atoms with van der Waals surface area (Å²) in [6.45, 7) is 3.91. The molecule has 2 rings (SSSR count). The van der Waals surface area contributed by atoms with Gasteiger partial charge in [-0.2, -0.15) is 0 Å². The van der Waals surface area contributed by atoms with Crippen LogP contribution in [0.2, 0.25) is 0 Å². The summed E-state index contributed by atoms with van der Waals surface area (Å²) in [4.78, 5) is 0. The van der Waals surface area contributed by atoms with E-state index in [1.165, 1.54) is 11.6 Å². The topological polar surface area (TPSA) is 60.7 Å². The molecule has 0 fully saturated rings. The fourth-order valence-corrected chi connectivity index (χ4v) is 2.16. The van der Waals surface area contributed by atoms with Crippen molar-refractivity contribution in [2.75, 3.05) is 0 Å². The number of aromatic hydroxyl groups is 3. The van der Waals surface area contributed by atoms with Crippen LogP contribution in [0.4, 0.5) is 0 Å². The molecule has 3 nitrogen and oxygen atoms in total. The summed E-state index contributed by atoms with van der Waals surface area (Å²) in [5.41, 5.74) is 2.67. The van der Waals surface area contributed by atoms with E-state index in [9.17, 15) is 15.3 Å². The Morgan fingerprint density at radius 3 is 2.00 bits per heavy atom. The molecule has 19 heavy (non-hydrogen) atoms. The number of phenols is 3. The Kier molecular flexibility index (Phi) is 3.65. The summed E-state index contributed by atoms with van der Waals surface area (Å²) in [7, 11) is 0. The van der Waals surface area contributed by atoms with Crippen molar-refractivity contribution >= 4 is 0 Å². The smallest absolute Gasteiger partial charge is 0.169 e. The lowest BCUT2D eigenvalue weighted by Crippen LogP contribution is -1.88. The maximum absolute atomic E-state index is 10.1. The van der Waals surface area contributed by atoms with Gasteiger partial charge in [0.1, 0.15) is 5.75 Å². The van der Waals surface area contributed by atoms with E-state index in [0.717, 1.165) is 6.42 Å². The van der Waals surface area contributed by atoms with E-state index in [0.29, 0.717) is 17.5 Å². The van der Waals surface area contributed by atoms with Gasteiger partial charge in [0.2, 0.25) is 0 Å². The molecule has 0 spiro atoms. The van der Waals surface area contributed by atoms with Crippen LogP contribution in [0.3, 0.4) is 0 Å². The van der Waals surface area contributed by atoms with E-state index in [1.54, 1.807) is 0 Å². The van der Waals surface area contributed by atoms with Crippen LogP contribution in [0.25, 0.3) is 11.1 Å². The summed E-state index contributed by atoms with van der Waals surface area (Å²) < 4.78 is 0. The van der Waals surface area contributed by atoms with Crippen molar-refractivity contribution in [2.24, 2.45) is 0 Å². The number of rotatable bonds is 3. The van der Waals surface area contributed by atoms with E-state index in [4.69, 9.17) is 0 Å². The quantitative estimate of drug-likeness (QED) is 0.582. The maximum atomic E-state index is 10.1. The molecule has 2 aromatic rings. The van der Waals surface area contributed by atoms with Gasteiger partial charge in [-0.3, -0.25) is 0 Å². The molecule has 3 heteroatoms. The number of phenolic OH excluding ortho intramolecular Hbond substituents is 3. The molecule has 0 amide bonds. The van der Waals surface area contributed by atoms with Crippen LogP contribution in [0.5, 0.6) is 17.2 Å². The molecule has 0 radical (unpaired) electrons. The van der Waals surface area contributed by atoms with E-state index in [1.807, 2.05) is 31.2 Å². The van der Waals surface area contributed by atoms with Crippen molar-refractivity contribution in [3.05, 3.63) is 41.5 Å². The fourth-order valence-electron chi connectivity index (χ4n) is 2.16. The highest BCUT2D eigenvalue weighted by Gasteiger charge is 2.17. The summed E-state index contributed by atoms with van der Waals surface area (Å²) >= 11 is 0. The lowest BCUT2D eigenvalue weighted by molar-refractivity contribution is 0.394. The second kappa shape index (κ2) is 5.22. The van der Waals surface area contributed by atoms with Crippen molar-refractivity contribution in [3.8, 4) is 28.4 Å². The second-order valence-electron chi connectivity index (χ2n) is 4.53. The SMILES string of the molecule is CCc1ccc(-c2c(O)cc(CC)c(O)c2O)cc1. The summed E-state index contributed by atoms with van der Waals surface area (Å²) in [5, 5.41) is 30.0. The van der Waals surface area contributed by atoms with Crippen LogP contribution in [0, 0.1) is 0 Å². The van der Waals surface area contributed by atoms with Gasteiger partial charge in [0.15, 0.2) is 11.5 Å². The normalized spacial score (nSPS) is 10.6. The molecule has 0 aromatic heterocycles. The summed E-state index contributed by atoms with van der Waals surface area (Å²) in [6.07, 6.45) is 1.47. The first-order chi connectivity index (χ1) is 9.08. The summed E-state index contributed by atoms with van der Waals surface area (Å²) in [5.74, 6) is -0.438. The number of hydrogen-bond acceptors (Lipinski definition) is 3. The van der Waals surface area contributed by atoms with Crippen LogP contribution in [0.1, 0.15) is 25.0 Å². The van der Waals surface area contributed by atoms with Gasteiger partial charge < -0.3 is 15.3 Å². The van der Waals surface area contributed by atoms with E-state index in [-0.39, 0.29) is 22.8 Å². The maximum Gasteiger partial charge on any atom is 0.169 e. The molecule has 0 heterocycles. The lowest BCUT2D eigenvalue weighted by atomic mass is 9.98. The zero-order valence-electron chi connectivity index (χ0n) is 11.1. The van der Waals surface area contributed by atoms with Gasteiger partial charge in [-0.25, -0.2) is 0 Å². The highest BCUT2D eigenvalue weighted by atomic mass is 16.3. The third kappa shape index (κ3) is 2.36. The Bertz CT molecular complexity index is 586. The molecule has 0 aliphatic rings. The van der Waals surface area contributed by atoms with Gasteiger partial charge in [0.25, 0.3) is 0 Å². The minimum Gasteiger partial charge on any atom is -0.507 e. The molecular weight excluding hydrogens is 240 g/mol.